The van der Waals surface area contributed by atoms with Crippen LogP contribution in [0.3, 0.4) is 0 Å². The second kappa shape index (κ2) is 7.35. The first-order valence-electron chi connectivity index (χ1n) is 5.89. The Labute approximate surface area is 102 Å². The van der Waals surface area contributed by atoms with Gasteiger partial charge in [0.15, 0.2) is 0 Å². The summed E-state index contributed by atoms with van der Waals surface area (Å²) in [6.45, 7) is 5.77. The molecule has 1 aromatic rings. The number of rotatable bonds is 7. The lowest BCUT2D eigenvalue weighted by molar-refractivity contribution is 0.151. The van der Waals surface area contributed by atoms with Gasteiger partial charge in [0.1, 0.15) is 0 Å². The number of nitrogens with one attached hydrogen (secondary N) is 1. The summed E-state index contributed by atoms with van der Waals surface area (Å²) < 4.78 is 24.6. The van der Waals surface area contributed by atoms with Gasteiger partial charge in [0, 0.05) is 25.2 Å². The van der Waals surface area contributed by atoms with E-state index < -0.39 is 6.43 Å². The molecule has 96 valence electrons. The van der Waals surface area contributed by atoms with Gasteiger partial charge in [-0.3, -0.25) is 0 Å². The number of hydrogen-bond acceptors (Lipinski definition) is 2. The average molecular weight is 242 g/mol. The average Bonchev–Trinajstić information content (AvgIpc) is 2.34. The Kier molecular flexibility index (Phi) is 6.08. The van der Waals surface area contributed by atoms with Gasteiger partial charge >= 0.3 is 0 Å². The molecule has 0 saturated carbocycles. The maximum absolute atomic E-state index is 12.3. The lowest BCUT2D eigenvalue weighted by atomic mass is 10.1. The number of nitrogens with zero attached hydrogens (tertiary/aromatic N) is 1. The summed E-state index contributed by atoms with van der Waals surface area (Å²) >= 11 is 0. The van der Waals surface area contributed by atoms with E-state index in [4.69, 9.17) is 0 Å². The van der Waals surface area contributed by atoms with E-state index in [1.54, 1.807) is 12.1 Å². The zero-order chi connectivity index (χ0) is 12.7. The molecule has 0 saturated heterocycles. The van der Waals surface area contributed by atoms with Gasteiger partial charge in [-0.1, -0.05) is 31.2 Å². The first-order valence-corrected chi connectivity index (χ1v) is 5.89. The molecule has 0 aliphatic carbocycles. The molecular formula is C13H20F2N2. The second-order valence-corrected chi connectivity index (χ2v) is 4.11. The van der Waals surface area contributed by atoms with Crippen molar-refractivity contribution in [3.05, 3.63) is 35.4 Å². The Morgan fingerprint density at radius 1 is 1.24 bits per heavy atom. The normalized spacial score (nSPS) is 11.4. The molecule has 0 aliphatic heterocycles. The third kappa shape index (κ3) is 5.24. The third-order valence-corrected chi connectivity index (χ3v) is 2.77. The van der Waals surface area contributed by atoms with Crippen LogP contribution in [0.2, 0.25) is 0 Å². The van der Waals surface area contributed by atoms with Crippen LogP contribution < -0.4 is 5.32 Å². The predicted molar refractivity (Wildman–Crippen MR) is 66.3 cm³/mol. The minimum absolute atomic E-state index is 0.0828. The van der Waals surface area contributed by atoms with Gasteiger partial charge in [0.05, 0.1) is 0 Å². The molecule has 2 nitrogen and oxygen atoms in total. The van der Waals surface area contributed by atoms with Crippen molar-refractivity contribution < 1.29 is 8.78 Å². The van der Waals surface area contributed by atoms with Gasteiger partial charge < -0.3 is 10.2 Å². The minimum atomic E-state index is -2.38. The summed E-state index contributed by atoms with van der Waals surface area (Å²) in [5.41, 5.74) is 1.12. The molecule has 0 spiro atoms. The Balaban J connectivity index is 2.28. The Bertz CT molecular complexity index is 312. The van der Waals surface area contributed by atoms with E-state index in [-0.39, 0.29) is 5.56 Å². The summed E-state index contributed by atoms with van der Waals surface area (Å²) in [6.07, 6.45) is -2.38. The first-order chi connectivity index (χ1) is 8.13. The summed E-state index contributed by atoms with van der Waals surface area (Å²) in [5.74, 6) is 0. The highest BCUT2D eigenvalue weighted by Gasteiger charge is 2.05. The largest absolute Gasteiger partial charge is 0.311 e. The molecule has 17 heavy (non-hydrogen) atoms. The highest BCUT2D eigenvalue weighted by Crippen LogP contribution is 2.18. The van der Waals surface area contributed by atoms with Crippen molar-refractivity contribution in [2.45, 2.75) is 19.9 Å². The van der Waals surface area contributed by atoms with E-state index in [1.165, 1.54) is 12.1 Å². The van der Waals surface area contributed by atoms with Crippen molar-refractivity contribution in [1.29, 1.82) is 0 Å². The molecule has 1 aromatic carbocycles. The zero-order valence-corrected chi connectivity index (χ0v) is 10.4. The van der Waals surface area contributed by atoms with Crippen molar-refractivity contribution in [2.24, 2.45) is 0 Å². The molecule has 0 aromatic heterocycles. The first kappa shape index (κ1) is 14.1. The molecule has 4 heteroatoms. The van der Waals surface area contributed by atoms with Crippen LogP contribution in [-0.4, -0.2) is 31.6 Å². The standard InChI is InChI=1S/C13H20F2N2/c1-3-17(2)9-8-16-10-11-4-6-12(7-5-11)13(14)15/h4-7,13,16H,3,8-10H2,1-2H3. The quantitative estimate of drug-likeness (QED) is 0.739. The van der Waals surface area contributed by atoms with Crippen molar-refractivity contribution >= 4 is 0 Å². The van der Waals surface area contributed by atoms with Crippen LogP contribution >= 0.6 is 0 Å². The van der Waals surface area contributed by atoms with E-state index >= 15 is 0 Å². The monoisotopic (exact) mass is 242 g/mol. The Morgan fingerprint density at radius 3 is 2.41 bits per heavy atom. The SMILES string of the molecule is CCN(C)CCNCc1ccc(C(F)F)cc1. The van der Waals surface area contributed by atoms with Gasteiger partial charge in [-0.05, 0) is 19.2 Å². The van der Waals surface area contributed by atoms with Crippen LogP contribution in [0.25, 0.3) is 0 Å². The smallest absolute Gasteiger partial charge is 0.263 e. The van der Waals surface area contributed by atoms with E-state index in [0.29, 0.717) is 0 Å². The Hall–Kier alpha value is -1.00. The predicted octanol–water partition coefficient (Wildman–Crippen LogP) is 2.67. The fourth-order valence-electron chi connectivity index (χ4n) is 1.44. The molecular weight excluding hydrogens is 222 g/mol. The number of hydrogen-bond donors (Lipinski definition) is 1. The van der Waals surface area contributed by atoms with Crippen molar-refractivity contribution in [3.8, 4) is 0 Å². The lowest BCUT2D eigenvalue weighted by Gasteiger charge is -2.14. The van der Waals surface area contributed by atoms with Gasteiger partial charge in [0.2, 0.25) is 0 Å². The van der Waals surface area contributed by atoms with Gasteiger partial charge in [-0.25, -0.2) is 8.78 Å². The molecule has 0 bridgehead atoms. The van der Waals surface area contributed by atoms with Crippen LogP contribution in [0.4, 0.5) is 8.78 Å². The second-order valence-electron chi connectivity index (χ2n) is 4.11. The molecule has 1 rings (SSSR count). The summed E-state index contributed by atoms with van der Waals surface area (Å²) in [7, 11) is 2.07. The van der Waals surface area contributed by atoms with Crippen LogP contribution in [-0.2, 0) is 6.54 Å². The molecule has 0 amide bonds. The highest BCUT2D eigenvalue weighted by molar-refractivity contribution is 5.23. The summed E-state index contributed by atoms with van der Waals surface area (Å²) in [6, 6.07) is 6.47. The molecule has 0 radical (unpaired) electrons. The number of alkyl halides is 2. The van der Waals surface area contributed by atoms with E-state index in [9.17, 15) is 8.78 Å². The highest BCUT2D eigenvalue weighted by atomic mass is 19.3. The third-order valence-electron chi connectivity index (χ3n) is 2.77. The molecule has 0 aliphatic rings. The molecule has 1 N–H and O–H groups in total. The Morgan fingerprint density at radius 2 is 1.88 bits per heavy atom. The van der Waals surface area contributed by atoms with Gasteiger partial charge in [-0.15, -0.1) is 0 Å². The fourth-order valence-corrected chi connectivity index (χ4v) is 1.44. The molecule has 0 heterocycles. The maximum Gasteiger partial charge on any atom is 0.263 e. The van der Waals surface area contributed by atoms with Gasteiger partial charge in [0.25, 0.3) is 6.43 Å². The van der Waals surface area contributed by atoms with E-state index in [0.717, 1.165) is 31.7 Å². The summed E-state index contributed by atoms with van der Waals surface area (Å²) in [5, 5.41) is 3.29. The van der Waals surface area contributed by atoms with Crippen molar-refractivity contribution in [3.63, 3.8) is 0 Å². The van der Waals surface area contributed by atoms with Gasteiger partial charge in [-0.2, -0.15) is 0 Å². The van der Waals surface area contributed by atoms with Crippen LogP contribution in [0.15, 0.2) is 24.3 Å². The van der Waals surface area contributed by atoms with E-state index in [2.05, 4.69) is 24.2 Å². The van der Waals surface area contributed by atoms with Crippen molar-refractivity contribution in [1.82, 2.24) is 10.2 Å². The van der Waals surface area contributed by atoms with Crippen LogP contribution in [0.5, 0.6) is 0 Å². The zero-order valence-electron chi connectivity index (χ0n) is 10.4. The summed E-state index contributed by atoms with van der Waals surface area (Å²) in [4.78, 5) is 2.22. The molecule has 0 atom stereocenters. The topological polar surface area (TPSA) is 15.3 Å². The van der Waals surface area contributed by atoms with Crippen molar-refractivity contribution in [2.75, 3.05) is 26.7 Å². The van der Waals surface area contributed by atoms with E-state index in [1.807, 2.05) is 0 Å². The molecule has 0 unspecified atom stereocenters. The lowest BCUT2D eigenvalue weighted by Crippen LogP contribution is -2.28. The minimum Gasteiger partial charge on any atom is -0.311 e. The maximum atomic E-state index is 12.3. The number of benzene rings is 1. The van der Waals surface area contributed by atoms with Crippen LogP contribution in [0.1, 0.15) is 24.5 Å². The fraction of sp³-hybridized carbons (Fsp3) is 0.538. The van der Waals surface area contributed by atoms with Crippen LogP contribution in [0, 0.1) is 0 Å². The number of halogens is 2. The number of likely N-dealkylation sites (N-methyl/N-ethyl adjacent to an activating group) is 1. The molecule has 0 fully saturated rings.